The maximum Gasteiger partial charge on any atom is 0.146 e. The molecule has 0 aliphatic rings. The van der Waals surface area contributed by atoms with Crippen LogP contribution < -0.4 is 15.8 Å². The van der Waals surface area contributed by atoms with E-state index >= 15 is 0 Å². The highest BCUT2D eigenvalue weighted by Crippen LogP contribution is 2.26. The monoisotopic (exact) mass is 282 g/mol. The number of halogens is 1. The normalized spacial score (nSPS) is 13.8. The Bertz CT molecular complexity index is 411. The number of benzene rings is 1. The second-order valence-corrected chi connectivity index (χ2v) is 5.55. The summed E-state index contributed by atoms with van der Waals surface area (Å²) in [6.45, 7) is 4.69. The lowest BCUT2D eigenvalue weighted by molar-refractivity contribution is 0.412. The van der Waals surface area contributed by atoms with Crippen LogP contribution in [0.3, 0.4) is 0 Å². The summed E-state index contributed by atoms with van der Waals surface area (Å²) in [7, 11) is 1.57. The van der Waals surface area contributed by atoms with E-state index in [2.05, 4.69) is 12.2 Å². The Labute approximate surface area is 121 Å². The van der Waals surface area contributed by atoms with Gasteiger partial charge in [-0.2, -0.15) is 0 Å². The molecule has 3 nitrogen and oxygen atoms in total. The fraction of sp³-hybridized carbons (Fsp3) is 0.625. The lowest BCUT2D eigenvalue weighted by Gasteiger charge is -2.31. The first-order valence-corrected chi connectivity index (χ1v) is 7.36. The first kappa shape index (κ1) is 16.8. The lowest BCUT2D eigenvalue weighted by atomic mass is 9.93. The van der Waals surface area contributed by atoms with Crippen LogP contribution in [0.25, 0.3) is 0 Å². The Kier molecular flexibility index (Phi) is 6.79. The molecular formula is C16H27FN2O. The molecule has 0 bridgehead atoms. The number of ether oxygens (including phenoxy) is 1. The number of rotatable bonds is 9. The summed E-state index contributed by atoms with van der Waals surface area (Å²) in [6, 6.07) is 4.70. The molecule has 1 rings (SSSR count). The zero-order chi connectivity index (χ0) is 15.0. The molecule has 114 valence electrons. The second kappa shape index (κ2) is 8.10. The molecule has 0 aliphatic heterocycles. The van der Waals surface area contributed by atoms with Crippen molar-refractivity contribution in [2.24, 2.45) is 5.73 Å². The van der Waals surface area contributed by atoms with E-state index in [0.29, 0.717) is 18.0 Å². The summed E-state index contributed by atoms with van der Waals surface area (Å²) in [4.78, 5) is 0. The largest absolute Gasteiger partial charge is 0.497 e. The molecule has 0 saturated carbocycles. The van der Waals surface area contributed by atoms with Crippen molar-refractivity contribution in [3.63, 3.8) is 0 Å². The van der Waals surface area contributed by atoms with Crippen LogP contribution in [0.2, 0.25) is 0 Å². The van der Waals surface area contributed by atoms with Crippen LogP contribution in [0.15, 0.2) is 18.2 Å². The maximum atomic E-state index is 13.9. The van der Waals surface area contributed by atoms with Gasteiger partial charge in [0.05, 0.1) is 12.8 Å². The molecule has 0 fully saturated rings. The molecule has 0 aromatic heterocycles. The van der Waals surface area contributed by atoms with Crippen LogP contribution in [-0.4, -0.2) is 19.2 Å². The summed E-state index contributed by atoms with van der Waals surface area (Å²) in [5.74, 6) is 0.360. The van der Waals surface area contributed by atoms with Crippen LogP contribution in [0.1, 0.15) is 46.0 Å². The zero-order valence-electron chi connectivity index (χ0n) is 12.8. The topological polar surface area (TPSA) is 47.3 Å². The third-order valence-electron chi connectivity index (χ3n) is 3.64. The summed E-state index contributed by atoms with van der Waals surface area (Å²) in [5.41, 5.74) is 6.03. The summed E-state index contributed by atoms with van der Waals surface area (Å²) in [6.07, 6.45) is 5.65. The van der Waals surface area contributed by atoms with E-state index in [1.807, 2.05) is 6.92 Å². The van der Waals surface area contributed by atoms with Crippen LogP contribution in [-0.2, 0) is 0 Å². The molecule has 4 heteroatoms. The molecule has 1 aromatic rings. The van der Waals surface area contributed by atoms with Crippen molar-refractivity contribution < 1.29 is 9.13 Å². The van der Waals surface area contributed by atoms with Crippen molar-refractivity contribution in [1.29, 1.82) is 0 Å². The van der Waals surface area contributed by atoms with Crippen LogP contribution in [0, 0.1) is 5.82 Å². The van der Waals surface area contributed by atoms with Gasteiger partial charge in [0.25, 0.3) is 0 Å². The number of anilines is 1. The second-order valence-electron chi connectivity index (χ2n) is 5.55. The third-order valence-corrected chi connectivity index (χ3v) is 3.64. The molecule has 3 N–H and O–H groups in total. The minimum Gasteiger partial charge on any atom is -0.497 e. The van der Waals surface area contributed by atoms with Gasteiger partial charge < -0.3 is 15.8 Å². The van der Waals surface area contributed by atoms with Crippen LogP contribution >= 0.6 is 0 Å². The Morgan fingerprint density at radius 2 is 2.05 bits per heavy atom. The molecule has 1 aromatic carbocycles. The van der Waals surface area contributed by atoms with E-state index in [0.717, 1.165) is 12.8 Å². The Morgan fingerprint density at radius 3 is 2.65 bits per heavy atom. The molecule has 0 aliphatic carbocycles. The Morgan fingerprint density at radius 1 is 1.30 bits per heavy atom. The molecule has 0 saturated heterocycles. The number of methoxy groups -OCH3 is 1. The highest BCUT2D eigenvalue weighted by molar-refractivity contribution is 5.51. The van der Waals surface area contributed by atoms with E-state index in [1.54, 1.807) is 19.2 Å². The van der Waals surface area contributed by atoms with E-state index in [1.165, 1.54) is 25.3 Å². The van der Waals surface area contributed by atoms with E-state index < -0.39 is 0 Å². The van der Waals surface area contributed by atoms with Crippen molar-refractivity contribution in [1.82, 2.24) is 0 Å². The molecule has 0 heterocycles. The predicted molar refractivity (Wildman–Crippen MR) is 82.8 cm³/mol. The molecular weight excluding hydrogens is 255 g/mol. The van der Waals surface area contributed by atoms with Crippen molar-refractivity contribution in [3.05, 3.63) is 24.0 Å². The molecule has 0 amide bonds. The Hall–Kier alpha value is -1.29. The van der Waals surface area contributed by atoms with Gasteiger partial charge in [0.1, 0.15) is 11.6 Å². The van der Waals surface area contributed by atoms with Gasteiger partial charge in [0.15, 0.2) is 0 Å². The minimum absolute atomic E-state index is 0.279. The minimum atomic E-state index is -0.291. The average molecular weight is 282 g/mol. The maximum absolute atomic E-state index is 13.9. The van der Waals surface area contributed by atoms with Crippen LogP contribution in [0.5, 0.6) is 5.75 Å². The van der Waals surface area contributed by atoms with Crippen molar-refractivity contribution in [2.45, 2.75) is 51.5 Å². The van der Waals surface area contributed by atoms with E-state index in [4.69, 9.17) is 10.5 Å². The first-order chi connectivity index (χ1) is 9.54. The molecule has 1 unspecified atom stereocenters. The molecule has 0 radical (unpaired) electrons. The van der Waals surface area contributed by atoms with Gasteiger partial charge in [-0.15, -0.1) is 0 Å². The average Bonchev–Trinajstić information content (AvgIpc) is 2.46. The standard InChI is InChI=1S/C16H27FN2O/c1-4-5-6-7-10-16(2,12-18)19-15-11-13(20-3)8-9-14(15)17/h8-9,11,19H,4-7,10,12,18H2,1-3H3. The highest BCUT2D eigenvalue weighted by atomic mass is 19.1. The molecule has 0 spiro atoms. The predicted octanol–water partition coefficient (Wildman–Crippen LogP) is 3.93. The van der Waals surface area contributed by atoms with Crippen molar-refractivity contribution in [3.8, 4) is 5.75 Å². The highest BCUT2D eigenvalue weighted by Gasteiger charge is 2.23. The number of unbranched alkanes of at least 4 members (excludes halogenated alkanes) is 3. The smallest absolute Gasteiger partial charge is 0.146 e. The lowest BCUT2D eigenvalue weighted by Crippen LogP contribution is -2.42. The van der Waals surface area contributed by atoms with Crippen molar-refractivity contribution in [2.75, 3.05) is 19.0 Å². The van der Waals surface area contributed by atoms with Gasteiger partial charge in [-0.1, -0.05) is 32.6 Å². The number of hydrogen-bond acceptors (Lipinski definition) is 3. The van der Waals surface area contributed by atoms with Gasteiger partial charge >= 0.3 is 0 Å². The third kappa shape index (κ3) is 5.00. The van der Waals surface area contributed by atoms with Gasteiger partial charge in [-0.05, 0) is 25.5 Å². The number of nitrogens with one attached hydrogen (secondary N) is 1. The number of nitrogens with two attached hydrogens (primary N) is 1. The van der Waals surface area contributed by atoms with Gasteiger partial charge in [-0.3, -0.25) is 0 Å². The number of hydrogen-bond donors (Lipinski definition) is 2. The van der Waals surface area contributed by atoms with E-state index in [-0.39, 0.29) is 11.4 Å². The van der Waals surface area contributed by atoms with Gasteiger partial charge in [0.2, 0.25) is 0 Å². The van der Waals surface area contributed by atoms with Crippen LogP contribution in [0.4, 0.5) is 10.1 Å². The molecule has 20 heavy (non-hydrogen) atoms. The summed E-state index contributed by atoms with van der Waals surface area (Å²) in [5, 5.41) is 3.24. The zero-order valence-corrected chi connectivity index (χ0v) is 12.8. The Balaban J connectivity index is 2.70. The fourth-order valence-corrected chi connectivity index (χ4v) is 2.21. The summed E-state index contributed by atoms with van der Waals surface area (Å²) < 4.78 is 19.0. The van der Waals surface area contributed by atoms with Gasteiger partial charge in [0, 0.05) is 18.2 Å². The first-order valence-electron chi connectivity index (χ1n) is 7.36. The van der Waals surface area contributed by atoms with E-state index in [9.17, 15) is 4.39 Å². The van der Waals surface area contributed by atoms with Crippen molar-refractivity contribution >= 4 is 5.69 Å². The SMILES string of the molecule is CCCCCCC(C)(CN)Nc1cc(OC)ccc1F. The van der Waals surface area contributed by atoms with Gasteiger partial charge in [-0.25, -0.2) is 4.39 Å². The fourth-order valence-electron chi connectivity index (χ4n) is 2.21. The summed E-state index contributed by atoms with van der Waals surface area (Å²) >= 11 is 0. The quantitative estimate of drug-likeness (QED) is 0.675. The molecule has 1 atom stereocenters.